The maximum absolute atomic E-state index is 11.9. The summed E-state index contributed by atoms with van der Waals surface area (Å²) in [6.07, 6.45) is 13.4. The van der Waals surface area contributed by atoms with E-state index in [9.17, 15) is 4.79 Å². The topological polar surface area (TPSA) is 72.8 Å². The van der Waals surface area contributed by atoms with E-state index in [2.05, 4.69) is 22.4 Å². The van der Waals surface area contributed by atoms with Crippen molar-refractivity contribution < 1.29 is 14.3 Å². The smallest absolute Gasteiger partial charge is 0.272 e. The molecule has 2 aromatic rings. The molecule has 0 aliphatic carbocycles. The number of unbranched alkanes of at least 4 members (excludes halogenated alkanes) is 6. The predicted octanol–water partition coefficient (Wildman–Crippen LogP) is 4.98. The van der Waals surface area contributed by atoms with Crippen LogP contribution in [0.1, 0.15) is 67.8 Å². The van der Waals surface area contributed by atoms with Crippen LogP contribution in [0, 0.1) is 0 Å². The molecule has 1 aromatic carbocycles. The van der Waals surface area contributed by atoms with Crippen LogP contribution in [0.3, 0.4) is 0 Å². The summed E-state index contributed by atoms with van der Waals surface area (Å²) < 4.78 is 11.3. The van der Waals surface area contributed by atoms with Crippen LogP contribution in [0.25, 0.3) is 0 Å². The average molecular weight is 398 g/mol. The fourth-order valence-corrected chi connectivity index (χ4v) is 2.85. The zero-order valence-corrected chi connectivity index (χ0v) is 17.4. The molecule has 0 radical (unpaired) electrons. The van der Waals surface area contributed by atoms with Gasteiger partial charge in [0.05, 0.1) is 25.5 Å². The number of carbonyl (C=O) groups is 1. The molecule has 0 saturated heterocycles. The molecule has 2 rings (SSSR count). The number of nitrogens with zero attached hydrogens (tertiary/aromatic N) is 2. The van der Waals surface area contributed by atoms with Crippen molar-refractivity contribution >= 4 is 12.1 Å². The SMILES string of the molecule is CCCCCCCCCOc1ccc(/C=N\NC(=O)c2cccnc2)cc1OC. The lowest BCUT2D eigenvalue weighted by Crippen LogP contribution is -2.17. The second-order valence-electron chi connectivity index (χ2n) is 6.82. The van der Waals surface area contributed by atoms with Crippen LogP contribution in [0.5, 0.6) is 11.5 Å². The highest BCUT2D eigenvalue weighted by Gasteiger charge is 2.06. The van der Waals surface area contributed by atoms with Crippen LogP contribution in [0.4, 0.5) is 0 Å². The predicted molar refractivity (Wildman–Crippen MR) is 116 cm³/mol. The van der Waals surface area contributed by atoms with Crippen LogP contribution < -0.4 is 14.9 Å². The first-order valence-electron chi connectivity index (χ1n) is 10.3. The number of hydrazone groups is 1. The summed E-state index contributed by atoms with van der Waals surface area (Å²) in [5.41, 5.74) is 3.74. The zero-order chi connectivity index (χ0) is 20.7. The summed E-state index contributed by atoms with van der Waals surface area (Å²) in [4.78, 5) is 15.9. The van der Waals surface area contributed by atoms with E-state index in [1.165, 1.54) is 44.7 Å². The van der Waals surface area contributed by atoms with Crippen molar-refractivity contribution in [3.05, 3.63) is 53.9 Å². The molecule has 1 heterocycles. The van der Waals surface area contributed by atoms with Gasteiger partial charge in [0.1, 0.15) is 0 Å². The number of aromatic nitrogens is 1. The Morgan fingerprint density at radius 3 is 2.62 bits per heavy atom. The van der Waals surface area contributed by atoms with E-state index in [1.807, 2.05) is 18.2 Å². The van der Waals surface area contributed by atoms with E-state index in [1.54, 1.807) is 31.7 Å². The number of carbonyl (C=O) groups excluding carboxylic acids is 1. The van der Waals surface area contributed by atoms with Crippen molar-refractivity contribution in [3.63, 3.8) is 0 Å². The van der Waals surface area contributed by atoms with Crippen molar-refractivity contribution in [1.82, 2.24) is 10.4 Å². The number of nitrogens with one attached hydrogen (secondary N) is 1. The number of pyridine rings is 1. The average Bonchev–Trinajstić information content (AvgIpc) is 2.76. The number of hydrogen-bond donors (Lipinski definition) is 1. The van der Waals surface area contributed by atoms with Gasteiger partial charge in [-0.25, -0.2) is 5.43 Å². The highest BCUT2D eigenvalue weighted by molar-refractivity contribution is 5.94. The quantitative estimate of drug-likeness (QED) is 0.294. The van der Waals surface area contributed by atoms with Crippen molar-refractivity contribution in [2.75, 3.05) is 13.7 Å². The van der Waals surface area contributed by atoms with Gasteiger partial charge in [-0.3, -0.25) is 9.78 Å². The molecule has 0 aliphatic heterocycles. The number of rotatable bonds is 13. The number of benzene rings is 1. The first-order chi connectivity index (χ1) is 14.2. The lowest BCUT2D eigenvalue weighted by atomic mass is 10.1. The Labute approximate surface area is 173 Å². The van der Waals surface area contributed by atoms with Crippen LogP contribution >= 0.6 is 0 Å². The molecule has 29 heavy (non-hydrogen) atoms. The van der Waals surface area contributed by atoms with E-state index in [-0.39, 0.29) is 5.91 Å². The molecule has 0 aliphatic rings. The minimum Gasteiger partial charge on any atom is -0.493 e. The number of methoxy groups -OCH3 is 1. The maximum atomic E-state index is 11.9. The Kier molecular flexibility index (Phi) is 10.3. The molecule has 0 atom stereocenters. The Bertz CT molecular complexity index is 763. The molecular formula is C23H31N3O3. The molecular weight excluding hydrogens is 366 g/mol. The van der Waals surface area contributed by atoms with Gasteiger partial charge in [0.25, 0.3) is 5.91 Å². The minimum atomic E-state index is -0.309. The van der Waals surface area contributed by atoms with Gasteiger partial charge in [0, 0.05) is 12.4 Å². The Hall–Kier alpha value is -2.89. The molecule has 0 spiro atoms. The number of ether oxygens (including phenoxy) is 2. The van der Waals surface area contributed by atoms with Gasteiger partial charge < -0.3 is 9.47 Å². The van der Waals surface area contributed by atoms with Crippen molar-refractivity contribution in [1.29, 1.82) is 0 Å². The van der Waals surface area contributed by atoms with E-state index >= 15 is 0 Å². The lowest BCUT2D eigenvalue weighted by molar-refractivity contribution is 0.0955. The number of amides is 1. The summed E-state index contributed by atoms with van der Waals surface area (Å²) in [7, 11) is 1.61. The third-order valence-corrected chi connectivity index (χ3v) is 4.50. The Morgan fingerprint density at radius 1 is 1.10 bits per heavy atom. The van der Waals surface area contributed by atoms with E-state index < -0.39 is 0 Å². The van der Waals surface area contributed by atoms with Crippen LogP contribution in [0.2, 0.25) is 0 Å². The Balaban J connectivity index is 1.78. The first-order valence-corrected chi connectivity index (χ1v) is 10.3. The zero-order valence-electron chi connectivity index (χ0n) is 17.4. The fourth-order valence-electron chi connectivity index (χ4n) is 2.85. The Morgan fingerprint density at radius 2 is 1.90 bits per heavy atom. The van der Waals surface area contributed by atoms with Gasteiger partial charge in [-0.1, -0.05) is 45.4 Å². The molecule has 0 unspecified atom stereocenters. The third-order valence-electron chi connectivity index (χ3n) is 4.50. The van der Waals surface area contributed by atoms with Crippen molar-refractivity contribution in [3.8, 4) is 11.5 Å². The first kappa shape index (κ1) is 22.4. The normalized spacial score (nSPS) is 10.8. The van der Waals surface area contributed by atoms with Gasteiger partial charge in [-0.05, 0) is 42.3 Å². The third kappa shape index (κ3) is 8.34. The minimum absolute atomic E-state index is 0.309. The monoisotopic (exact) mass is 397 g/mol. The van der Waals surface area contributed by atoms with E-state index in [0.29, 0.717) is 17.9 Å². The highest BCUT2D eigenvalue weighted by atomic mass is 16.5. The highest BCUT2D eigenvalue weighted by Crippen LogP contribution is 2.27. The van der Waals surface area contributed by atoms with Gasteiger partial charge >= 0.3 is 0 Å². The fraction of sp³-hybridized carbons (Fsp3) is 0.435. The summed E-state index contributed by atoms with van der Waals surface area (Å²) in [5.74, 6) is 1.06. The summed E-state index contributed by atoms with van der Waals surface area (Å²) in [6, 6.07) is 8.96. The summed E-state index contributed by atoms with van der Waals surface area (Å²) >= 11 is 0. The van der Waals surface area contributed by atoms with Crippen LogP contribution in [-0.4, -0.2) is 30.8 Å². The molecule has 0 fully saturated rings. The van der Waals surface area contributed by atoms with Crippen LogP contribution in [-0.2, 0) is 0 Å². The van der Waals surface area contributed by atoms with E-state index in [0.717, 1.165) is 17.7 Å². The molecule has 156 valence electrons. The van der Waals surface area contributed by atoms with E-state index in [4.69, 9.17) is 9.47 Å². The standard InChI is InChI=1S/C23H31N3O3/c1-3-4-5-6-7-8-9-15-29-21-13-12-19(16-22(21)28-2)17-25-26-23(27)20-11-10-14-24-18-20/h10-14,16-18H,3-9,15H2,1-2H3,(H,26,27)/b25-17-. The molecule has 0 saturated carbocycles. The molecule has 1 aromatic heterocycles. The number of hydrogen-bond acceptors (Lipinski definition) is 5. The van der Waals surface area contributed by atoms with Gasteiger partial charge in [-0.15, -0.1) is 0 Å². The largest absolute Gasteiger partial charge is 0.493 e. The molecule has 6 nitrogen and oxygen atoms in total. The van der Waals surface area contributed by atoms with Gasteiger partial charge in [0.15, 0.2) is 11.5 Å². The summed E-state index contributed by atoms with van der Waals surface area (Å²) in [5, 5.41) is 3.99. The van der Waals surface area contributed by atoms with Gasteiger partial charge in [-0.2, -0.15) is 5.10 Å². The second kappa shape index (κ2) is 13.3. The molecule has 0 bridgehead atoms. The molecule has 1 amide bonds. The van der Waals surface area contributed by atoms with Crippen molar-refractivity contribution in [2.45, 2.75) is 51.9 Å². The van der Waals surface area contributed by atoms with Gasteiger partial charge in [0.2, 0.25) is 0 Å². The molecule has 6 heteroatoms. The van der Waals surface area contributed by atoms with Crippen molar-refractivity contribution in [2.24, 2.45) is 5.10 Å². The lowest BCUT2D eigenvalue weighted by Gasteiger charge is -2.11. The second-order valence-corrected chi connectivity index (χ2v) is 6.82. The van der Waals surface area contributed by atoms with Crippen LogP contribution in [0.15, 0.2) is 47.8 Å². The molecule has 1 N–H and O–H groups in total. The summed E-state index contributed by atoms with van der Waals surface area (Å²) in [6.45, 7) is 2.91. The maximum Gasteiger partial charge on any atom is 0.272 e.